The normalized spacial score (nSPS) is 11.6. The predicted octanol–water partition coefficient (Wildman–Crippen LogP) is 3.96. The van der Waals surface area contributed by atoms with Gasteiger partial charge in [-0.2, -0.15) is 0 Å². The Morgan fingerprint density at radius 3 is 2.60 bits per heavy atom. The molecule has 0 aliphatic heterocycles. The van der Waals surface area contributed by atoms with E-state index >= 15 is 0 Å². The molecule has 25 heavy (non-hydrogen) atoms. The molecule has 0 radical (unpaired) electrons. The highest BCUT2D eigenvalue weighted by Gasteiger charge is 2.15. The monoisotopic (exact) mass is 374 g/mol. The lowest BCUT2D eigenvalue weighted by molar-refractivity contribution is 0.102. The number of amides is 1. The van der Waals surface area contributed by atoms with E-state index in [-0.39, 0.29) is 16.6 Å². The van der Waals surface area contributed by atoms with Crippen molar-refractivity contribution in [2.75, 3.05) is 11.1 Å². The number of carbonyl (C=O) groups is 1. The smallest absolute Gasteiger partial charge is 0.257 e. The summed E-state index contributed by atoms with van der Waals surface area (Å²) >= 11 is 1.40. The van der Waals surface area contributed by atoms with Gasteiger partial charge in [0.05, 0.1) is 20.9 Å². The van der Waals surface area contributed by atoms with Gasteiger partial charge in [0.2, 0.25) is 0 Å². The van der Waals surface area contributed by atoms with Crippen molar-refractivity contribution in [1.82, 2.24) is 4.98 Å². The van der Waals surface area contributed by atoms with Gasteiger partial charge in [0, 0.05) is 5.56 Å². The molecule has 0 saturated heterocycles. The van der Waals surface area contributed by atoms with E-state index in [2.05, 4.69) is 10.3 Å². The van der Waals surface area contributed by atoms with Gasteiger partial charge in [0.25, 0.3) is 5.91 Å². The van der Waals surface area contributed by atoms with Crippen LogP contribution in [0.5, 0.6) is 0 Å². The molecule has 0 aliphatic rings. The molecule has 0 spiro atoms. The van der Waals surface area contributed by atoms with Crippen LogP contribution in [0.25, 0.3) is 10.2 Å². The van der Waals surface area contributed by atoms with E-state index < -0.39 is 9.84 Å². The summed E-state index contributed by atoms with van der Waals surface area (Å²) in [6.45, 7) is 5.63. The average molecular weight is 374 g/mol. The molecule has 1 amide bonds. The average Bonchev–Trinajstić information content (AvgIpc) is 2.96. The van der Waals surface area contributed by atoms with E-state index in [0.29, 0.717) is 10.7 Å². The molecule has 3 aromatic rings. The minimum absolute atomic E-state index is 0.00531. The summed E-state index contributed by atoms with van der Waals surface area (Å²) in [6, 6.07) is 10.1. The molecule has 5 nitrogen and oxygen atoms in total. The third-order valence-electron chi connectivity index (χ3n) is 4.06. The first-order valence-electron chi connectivity index (χ1n) is 7.82. The third kappa shape index (κ3) is 3.57. The summed E-state index contributed by atoms with van der Waals surface area (Å²) in [5.74, 6) is -0.380. The van der Waals surface area contributed by atoms with Gasteiger partial charge in [-0.05, 0) is 55.3 Å². The summed E-state index contributed by atoms with van der Waals surface area (Å²) in [4.78, 5) is 17.0. The minimum Gasteiger partial charge on any atom is -0.298 e. The number of hydrogen-bond donors (Lipinski definition) is 1. The fraction of sp³-hybridized carbons (Fsp3) is 0.222. The van der Waals surface area contributed by atoms with Crippen LogP contribution in [0, 0.1) is 13.8 Å². The minimum atomic E-state index is -3.35. The summed E-state index contributed by atoms with van der Waals surface area (Å²) in [7, 11) is -3.35. The van der Waals surface area contributed by atoms with Gasteiger partial charge in [-0.1, -0.05) is 24.3 Å². The largest absolute Gasteiger partial charge is 0.298 e. The standard InChI is InChI=1S/C18H18N2O3S2/c1-4-25(22,23)14-7-5-6-13(10-14)17(21)20-18-19-15-8-11(2)12(3)9-16(15)24-18/h5-10H,4H2,1-3H3,(H,19,20,21). The van der Waals surface area contributed by atoms with E-state index in [1.807, 2.05) is 26.0 Å². The van der Waals surface area contributed by atoms with Gasteiger partial charge in [0.15, 0.2) is 15.0 Å². The molecule has 2 aromatic carbocycles. The Labute approximate surface area is 150 Å². The predicted molar refractivity (Wildman–Crippen MR) is 101 cm³/mol. The number of nitrogens with zero attached hydrogens (tertiary/aromatic N) is 1. The van der Waals surface area contributed by atoms with Crippen LogP contribution < -0.4 is 5.32 Å². The first-order chi connectivity index (χ1) is 11.8. The Bertz CT molecular complexity index is 1030. The van der Waals surface area contributed by atoms with Crippen LogP contribution in [0.15, 0.2) is 41.3 Å². The number of rotatable bonds is 4. The zero-order valence-electron chi connectivity index (χ0n) is 14.2. The van der Waals surface area contributed by atoms with Crippen LogP contribution in [-0.2, 0) is 9.84 Å². The van der Waals surface area contributed by atoms with E-state index in [4.69, 9.17) is 0 Å². The van der Waals surface area contributed by atoms with Gasteiger partial charge >= 0.3 is 0 Å². The number of aromatic nitrogens is 1. The second kappa shape index (κ2) is 6.57. The van der Waals surface area contributed by atoms with Crippen LogP contribution in [0.3, 0.4) is 0 Å². The lowest BCUT2D eigenvalue weighted by Gasteiger charge is -2.05. The number of carbonyl (C=O) groups excluding carboxylic acids is 1. The highest BCUT2D eigenvalue weighted by atomic mass is 32.2. The fourth-order valence-electron chi connectivity index (χ4n) is 2.40. The van der Waals surface area contributed by atoms with Crippen molar-refractivity contribution in [2.24, 2.45) is 0 Å². The van der Waals surface area contributed by atoms with E-state index in [9.17, 15) is 13.2 Å². The first kappa shape index (κ1) is 17.6. The maximum atomic E-state index is 12.5. The Hall–Kier alpha value is -2.25. The van der Waals surface area contributed by atoms with Gasteiger partial charge in [-0.15, -0.1) is 0 Å². The van der Waals surface area contributed by atoms with Crippen molar-refractivity contribution >= 4 is 42.4 Å². The van der Waals surface area contributed by atoms with Crippen molar-refractivity contribution in [3.05, 3.63) is 53.1 Å². The topological polar surface area (TPSA) is 76.1 Å². The molecular formula is C18H18N2O3S2. The molecule has 1 heterocycles. The fourth-order valence-corrected chi connectivity index (χ4v) is 4.27. The van der Waals surface area contributed by atoms with Gasteiger partial charge in [-0.25, -0.2) is 13.4 Å². The highest BCUT2D eigenvalue weighted by Crippen LogP contribution is 2.28. The number of benzene rings is 2. The van der Waals surface area contributed by atoms with E-state index in [0.717, 1.165) is 15.8 Å². The number of thiazole rings is 1. The first-order valence-corrected chi connectivity index (χ1v) is 10.3. The second-order valence-corrected chi connectivity index (χ2v) is 9.12. The highest BCUT2D eigenvalue weighted by molar-refractivity contribution is 7.91. The number of hydrogen-bond acceptors (Lipinski definition) is 5. The van der Waals surface area contributed by atoms with Crippen LogP contribution in [0.2, 0.25) is 0 Å². The Morgan fingerprint density at radius 1 is 1.16 bits per heavy atom. The van der Waals surface area contributed by atoms with Crippen molar-refractivity contribution < 1.29 is 13.2 Å². The maximum absolute atomic E-state index is 12.5. The third-order valence-corrected chi connectivity index (χ3v) is 6.73. The summed E-state index contributed by atoms with van der Waals surface area (Å²) in [5, 5.41) is 3.25. The molecule has 1 N–H and O–H groups in total. The zero-order valence-corrected chi connectivity index (χ0v) is 15.8. The van der Waals surface area contributed by atoms with Crippen molar-refractivity contribution in [3.63, 3.8) is 0 Å². The van der Waals surface area contributed by atoms with Crippen LogP contribution >= 0.6 is 11.3 Å². The lowest BCUT2D eigenvalue weighted by Crippen LogP contribution is -2.13. The lowest BCUT2D eigenvalue weighted by atomic mass is 10.1. The van der Waals surface area contributed by atoms with Crippen LogP contribution in [0.1, 0.15) is 28.4 Å². The van der Waals surface area contributed by atoms with Crippen LogP contribution in [0.4, 0.5) is 5.13 Å². The number of sulfone groups is 1. The Morgan fingerprint density at radius 2 is 1.88 bits per heavy atom. The van der Waals surface area contributed by atoms with Crippen molar-refractivity contribution in [2.45, 2.75) is 25.7 Å². The summed E-state index contributed by atoms with van der Waals surface area (Å²) in [6.07, 6.45) is 0. The molecular weight excluding hydrogens is 356 g/mol. The molecule has 0 atom stereocenters. The number of aryl methyl sites for hydroxylation is 2. The Kier molecular flexibility index (Phi) is 4.62. The van der Waals surface area contributed by atoms with E-state index in [1.54, 1.807) is 19.1 Å². The van der Waals surface area contributed by atoms with Crippen LogP contribution in [-0.4, -0.2) is 25.1 Å². The molecule has 130 valence electrons. The number of nitrogens with one attached hydrogen (secondary N) is 1. The summed E-state index contributed by atoms with van der Waals surface area (Å²) in [5.41, 5.74) is 3.45. The Balaban J connectivity index is 1.89. The maximum Gasteiger partial charge on any atom is 0.257 e. The molecule has 0 aliphatic carbocycles. The van der Waals surface area contributed by atoms with E-state index in [1.165, 1.54) is 29.0 Å². The SMILES string of the molecule is CCS(=O)(=O)c1cccc(C(=O)Nc2nc3cc(C)c(C)cc3s2)c1. The van der Waals surface area contributed by atoms with Crippen molar-refractivity contribution in [3.8, 4) is 0 Å². The van der Waals surface area contributed by atoms with Crippen molar-refractivity contribution in [1.29, 1.82) is 0 Å². The number of anilines is 1. The summed E-state index contributed by atoms with van der Waals surface area (Å²) < 4.78 is 24.9. The molecule has 0 unspecified atom stereocenters. The molecule has 3 rings (SSSR count). The van der Waals surface area contributed by atoms with Gasteiger partial charge in [0.1, 0.15) is 0 Å². The zero-order chi connectivity index (χ0) is 18.2. The van der Waals surface area contributed by atoms with Gasteiger partial charge in [-0.3, -0.25) is 10.1 Å². The van der Waals surface area contributed by atoms with Gasteiger partial charge < -0.3 is 0 Å². The molecule has 7 heteroatoms. The molecule has 0 saturated carbocycles. The second-order valence-electron chi connectivity index (χ2n) is 5.81. The quantitative estimate of drug-likeness (QED) is 0.750. The molecule has 0 bridgehead atoms. The number of fused-ring (bicyclic) bond motifs is 1. The molecule has 1 aromatic heterocycles. The molecule has 0 fully saturated rings.